The summed E-state index contributed by atoms with van der Waals surface area (Å²) in [5, 5.41) is 6.81. The maximum absolute atomic E-state index is 4.61. The van der Waals surface area contributed by atoms with E-state index in [1.165, 1.54) is 5.56 Å². The third kappa shape index (κ3) is 3.40. The summed E-state index contributed by atoms with van der Waals surface area (Å²) in [5.41, 5.74) is 2.35. The normalized spacial score (nSPS) is 12.6. The molecule has 0 aliphatic rings. The Morgan fingerprint density at radius 3 is 2.89 bits per heavy atom. The van der Waals surface area contributed by atoms with Crippen molar-refractivity contribution in [2.75, 3.05) is 6.54 Å². The topological polar surface area (TPSA) is 24.9 Å². The Morgan fingerprint density at radius 1 is 1.44 bits per heavy atom. The number of rotatable bonds is 5. The van der Waals surface area contributed by atoms with Gasteiger partial charge in [-0.15, -0.1) is 11.3 Å². The van der Waals surface area contributed by atoms with Crippen molar-refractivity contribution >= 4 is 27.3 Å². The second kappa shape index (κ2) is 6.45. The first-order valence-electron chi connectivity index (χ1n) is 6.11. The van der Waals surface area contributed by atoms with E-state index in [0.29, 0.717) is 0 Å². The van der Waals surface area contributed by atoms with Gasteiger partial charge in [0.1, 0.15) is 5.01 Å². The van der Waals surface area contributed by atoms with E-state index >= 15 is 0 Å². The Bertz CT molecular complexity index is 510. The van der Waals surface area contributed by atoms with E-state index in [0.717, 1.165) is 28.1 Å². The Labute approximate surface area is 121 Å². The van der Waals surface area contributed by atoms with Gasteiger partial charge in [-0.25, -0.2) is 4.98 Å². The lowest BCUT2D eigenvalue weighted by Gasteiger charge is -2.16. The first-order chi connectivity index (χ1) is 8.70. The van der Waals surface area contributed by atoms with Gasteiger partial charge in [0.25, 0.3) is 0 Å². The molecule has 2 rings (SSSR count). The maximum Gasteiger partial charge on any atom is 0.114 e. The molecule has 1 unspecified atom stereocenters. The second-order valence-electron chi connectivity index (χ2n) is 4.27. The first-order valence-corrected chi connectivity index (χ1v) is 7.79. The summed E-state index contributed by atoms with van der Waals surface area (Å²) < 4.78 is 1.11. The van der Waals surface area contributed by atoms with Gasteiger partial charge >= 0.3 is 0 Å². The molecule has 2 aromatic rings. The molecule has 4 heteroatoms. The van der Waals surface area contributed by atoms with E-state index in [-0.39, 0.29) is 6.04 Å². The monoisotopic (exact) mass is 324 g/mol. The van der Waals surface area contributed by atoms with Crippen LogP contribution in [0.1, 0.15) is 35.7 Å². The number of aromatic nitrogens is 1. The van der Waals surface area contributed by atoms with Crippen molar-refractivity contribution < 1.29 is 0 Å². The molecule has 0 saturated heterocycles. The predicted octanol–water partition coefficient (Wildman–Crippen LogP) is 4.30. The summed E-state index contributed by atoms with van der Waals surface area (Å²) in [6, 6.07) is 8.62. The van der Waals surface area contributed by atoms with Crippen LogP contribution in [0.15, 0.2) is 34.1 Å². The van der Waals surface area contributed by atoms with Crippen molar-refractivity contribution in [3.63, 3.8) is 0 Å². The molecule has 0 saturated carbocycles. The Kier molecular flexibility index (Phi) is 4.92. The van der Waals surface area contributed by atoms with Gasteiger partial charge in [0, 0.05) is 15.5 Å². The highest BCUT2D eigenvalue weighted by atomic mass is 79.9. The Balaban J connectivity index is 2.30. The summed E-state index contributed by atoms with van der Waals surface area (Å²) in [6.07, 6.45) is 1.12. The van der Waals surface area contributed by atoms with Crippen molar-refractivity contribution in [1.29, 1.82) is 0 Å². The molecule has 18 heavy (non-hydrogen) atoms. The molecule has 96 valence electrons. The van der Waals surface area contributed by atoms with Crippen LogP contribution in [0.2, 0.25) is 0 Å². The molecular formula is C14H17BrN2S. The zero-order chi connectivity index (χ0) is 13.0. The van der Waals surface area contributed by atoms with Gasteiger partial charge in [0.05, 0.1) is 6.04 Å². The SMILES string of the molecule is CCCNC(c1cccc(Br)c1)c1nc(C)cs1. The van der Waals surface area contributed by atoms with E-state index in [9.17, 15) is 0 Å². The number of nitrogens with zero attached hydrogens (tertiary/aromatic N) is 1. The van der Waals surface area contributed by atoms with Gasteiger partial charge in [-0.3, -0.25) is 0 Å². The number of hydrogen-bond acceptors (Lipinski definition) is 3. The molecule has 0 aliphatic heterocycles. The summed E-state index contributed by atoms with van der Waals surface area (Å²) in [6.45, 7) is 5.21. The first kappa shape index (κ1) is 13.7. The van der Waals surface area contributed by atoms with E-state index in [2.05, 4.69) is 56.7 Å². The summed E-state index contributed by atoms with van der Waals surface area (Å²) in [7, 11) is 0. The zero-order valence-corrected chi connectivity index (χ0v) is 13.0. The van der Waals surface area contributed by atoms with Crippen LogP contribution in [-0.2, 0) is 0 Å². The van der Waals surface area contributed by atoms with Crippen molar-refractivity contribution in [1.82, 2.24) is 10.3 Å². The lowest BCUT2D eigenvalue weighted by atomic mass is 10.1. The highest BCUT2D eigenvalue weighted by molar-refractivity contribution is 9.10. The lowest BCUT2D eigenvalue weighted by Crippen LogP contribution is -2.23. The summed E-state index contributed by atoms with van der Waals surface area (Å²) in [4.78, 5) is 4.61. The molecule has 1 heterocycles. The number of aryl methyl sites for hydroxylation is 1. The van der Waals surface area contributed by atoms with Gasteiger partial charge in [-0.2, -0.15) is 0 Å². The van der Waals surface area contributed by atoms with Crippen LogP contribution in [0.5, 0.6) is 0 Å². The van der Waals surface area contributed by atoms with Crippen LogP contribution in [0.3, 0.4) is 0 Å². The van der Waals surface area contributed by atoms with Crippen molar-refractivity contribution in [3.05, 3.63) is 50.4 Å². The van der Waals surface area contributed by atoms with Gasteiger partial charge in [-0.05, 0) is 37.6 Å². The standard InChI is InChI=1S/C14H17BrN2S/c1-3-7-16-13(14-17-10(2)9-18-14)11-5-4-6-12(15)8-11/h4-6,8-9,13,16H,3,7H2,1-2H3. The highest BCUT2D eigenvalue weighted by Gasteiger charge is 2.16. The van der Waals surface area contributed by atoms with Crippen LogP contribution in [0.25, 0.3) is 0 Å². The fourth-order valence-electron chi connectivity index (χ4n) is 1.83. The van der Waals surface area contributed by atoms with Crippen molar-refractivity contribution in [2.45, 2.75) is 26.3 Å². The van der Waals surface area contributed by atoms with Crippen LogP contribution < -0.4 is 5.32 Å². The third-order valence-corrected chi connectivity index (χ3v) is 4.18. The Hall–Kier alpha value is -0.710. The molecule has 0 amide bonds. The number of benzene rings is 1. The molecule has 0 spiro atoms. The predicted molar refractivity (Wildman–Crippen MR) is 81.1 cm³/mol. The molecule has 1 atom stereocenters. The minimum absolute atomic E-state index is 0.196. The number of nitrogens with one attached hydrogen (secondary N) is 1. The average molecular weight is 325 g/mol. The Morgan fingerprint density at radius 2 is 2.28 bits per heavy atom. The molecular weight excluding hydrogens is 308 g/mol. The van der Waals surface area contributed by atoms with E-state index < -0.39 is 0 Å². The quantitative estimate of drug-likeness (QED) is 0.886. The molecule has 0 fully saturated rings. The summed E-state index contributed by atoms with van der Waals surface area (Å²) >= 11 is 5.25. The molecule has 1 aromatic heterocycles. The number of hydrogen-bond donors (Lipinski definition) is 1. The second-order valence-corrected chi connectivity index (χ2v) is 6.07. The minimum atomic E-state index is 0.196. The van der Waals surface area contributed by atoms with Gasteiger partial charge < -0.3 is 5.32 Å². The van der Waals surface area contributed by atoms with Crippen LogP contribution in [0, 0.1) is 6.92 Å². The number of thiazole rings is 1. The molecule has 0 aliphatic carbocycles. The van der Waals surface area contributed by atoms with Crippen LogP contribution in [0.4, 0.5) is 0 Å². The molecule has 0 bridgehead atoms. The van der Waals surface area contributed by atoms with Crippen molar-refractivity contribution in [2.24, 2.45) is 0 Å². The molecule has 1 aromatic carbocycles. The number of halogens is 1. The molecule has 0 radical (unpaired) electrons. The van der Waals surface area contributed by atoms with E-state index in [4.69, 9.17) is 0 Å². The molecule has 2 nitrogen and oxygen atoms in total. The fraction of sp³-hybridized carbons (Fsp3) is 0.357. The van der Waals surface area contributed by atoms with Gasteiger partial charge in [-0.1, -0.05) is 35.0 Å². The van der Waals surface area contributed by atoms with E-state index in [1.807, 2.05) is 13.0 Å². The largest absolute Gasteiger partial charge is 0.304 e. The smallest absolute Gasteiger partial charge is 0.114 e. The van der Waals surface area contributed by atoms with Gasteiger partial charge in [0.2, 0.25) is 0 Å². The summed E-state index contributed by atoms with van der Waals surface area (Å²) in [5.74, 6) is 0. The fourth-order valence-corrected chi connectivity index (χ4v) is 3.14. The average Bonchev–Trinajstić information content (AvgIpc) is 2.76. The van der Waals surface area contributed by atoms with Gasteiger partial charge in [0.15, 0.2) is 0 Å². The third-order valence-electron chi connectivity index (χ3n) is 2.66. The lowest BCUT2D eigenvalue weighted by molar-refractivity contribution is 0.595. The zero-order valence-electron chi connectivity index (χ0n) is 10.6. The molecule has 1 N–H and O–H groups in total. The van der Waals surface area contributed by atoms with Crippen LogP contribution in [-0.4, -0.2) is 11.5 Å². The highest BCUT2D eigenvalue weighted by Crippen LogP contribution is 2.26. The maximum atomic E-state index is 4.61. The van der Waals surface area contributed by atoms with E-state index in [1.54, 1.807) is 11.3 Å². The van der Waals surface area contributed by atoms with Crippen LogP contribution >= 0.6 is 27.3 Å². The minimum Gasteiger partial charge on any atom is -0.304 e. The van der Waals surface area contributed by atoms with Crippen molar-refractivity contribution in [3.8, 4) is 0 Å².